The van der Waals surface area contributed by atoms with Crippen LogP contribution in [-0.2, 0) is 4.79 Å². The van der Waals surface area contributed by atoms with Gasteiger partial charge >= 0.3 is 0 Å². The number of hydrogen-bond acceptors (Lipinski definition) is 4. The molecule has 4 nitrogen and oxygen atoms in total. The number of anilines is 1. The van der Waals surface area contributed by atoms with Crippen LogP contribution < -0.4 is 10.6 Å². The maximum Gasteiger partial charge on any atom is 0.229 e. The largest absolute Gasteiger partial charge is 0.309 e. The molecule has 0 saturated heterocycles. The molecular weight excluding hydrogens is 282 g/mol. The quantitative estimate of drug-likeness (QED) is 0.865. The molecular formula is C16H27N3OS. The highest BCUT2D eigenvalue weighted by atomic mass is 32.1. The van der Waals surface area contributed by atoms with Crippen molar-refractivity contribution < 1.29 is 4.79 Å². The lowest BCUT2D eigenvalue weighted by atomic mass is 9.68. The Bertz CT molecular complexity index is 484. The lowest BCUT2D eigenvalue weighted by molar-refractivity contribution is -0.124. The van der Waals surface area contributed by atoms with Gasteiger partial charge in [0.2, 0.25) is 5.91 Å². The smallest absolute Gasteiger partial charge is 0.229 e. The van der Waals surface area contributed by atoms with E-state index in [1.165, 1.54) is 17.8 Å². The highest BCUT2D eigenvalue weighted by Gasteiger charge is 2.37. The normalized spacial score (nSPS) is 22.8. The molecule has 1 aliphatic carbocycles. The molecule has 1 aromatic heterocycles. The molecule has 2 atom stereocenters. The van der Waals surface area contributed by atoms with Crippen LogP contribution in [0, 0.1) is 11.3 Å². The van der Waals surface area contributed by atoms with Crippen molar-refractivity contribution in [2.24, 2.45) is 11.3 Å². The first-order chi connectivity index (χ1) is 9.94. The highest BCUT2D eigenvalue weighted by molar-refractivity contribution is 7.13. The van der Waals surface area contributed by atoms with Gasteiger partial charge in [0.05, 0.1) is 5.69 Å². The Balaban J connectivity index is 1.99. The van der Waals surface area contributed by atoms with E-state index in [0.29, 0.717) is 0 Å². The number of nitrogens with one attached hydrogen (secondary N) is 2. The van der Waals surface area contributed by atoms with Crippen LogP contribution in [-0.4, -0.2) is 17.4 Å². The first kappa shape index (κ1) is 16.4. The topological polar surface area (TPSA) is 54.0 Å². The second kappa shape index (κ2) is 6.88. The van der Waals surface area contributed by atoms with Gasteiger partial charge in [-0.25, -0.2) is 4.98 Å². The fourth-order valence-corrected chi connectivity index (χ4v) is 3.93. The molecule has 118 valence electrons. The van der Waals surface area contributed by atoms with E-state index < -0.39 is 0 Å². The van der Waals surface area contributed by atoms with Crippen molar-refractivity contribution in [1.29, 1.82) is 0 Å². The number of amides is 1. The molecule has 0 bridgehead atoms. The van der Waals surface area contributed by atoms with Crippen molar-refractivity contribution in [3.8, 4) is 0 Å². The molecule has 0 spiro atoms. The first-order valence-corrected chi connectivity index (χ1v) is 8.81. The summed E-state index contributed by atoms with van der Waals surface area (Å²) >= 11 is 1.51. The first-order valence-electron chi connectivity index (χ1n) is 7.93. The molecule has 0 aromatic carbocycles. The zero-order valence-electron chi connectivity index (χ0n) is 13.5. The molecule has 0 radical (unpaired) electrons. The number of thiazole rings is 1. The van der Waals surface area contributed by atoms with E-state index in [4.69, 9.17) is 0 Å². The molecule has 2 rings (SSSR count). The van der Waals surface area contributed by atoms with E-state index in [1.807, 2.05) is 5.38 Å². The third-order valence-electron chi connectivity index (χ3n) is 4.53. The van der Waals surface area contributed by atoms with Gasteiger partial charge in [-0.3, -0.25) is 4.79 Å². The van der Waals surface area contributed by atoms with Gasteiger partial charge in [-0.15, -0.1) is 11.3 Å². The monoisotopic (exact) mass is 309 g/mol. The Kier molecular flexibility index (Phi) is 5.38. The molecule has 2 N–H and O–H groups in total. The van der Waals surface area contributed by atoms with Gasteiger partial charge < -0.3 is 10.6 Å². The fraction of sp³-hybridized carbons (Fsp3) is 0.750. The maximum absolute atomic E-state index is 12.5. The van der Waals surface area contributed by atoms with Crippen molar-refractivity contribution >= 4 is 22.4 Å². The average molecular weight is 309 g/mol. The average Bonchev–Trinajstić information content (AvgIpc) is 2.87. The van der Waals surface area contributed by atoms with E-state index in [-0.39, 0.29) is 23.3 Å². The molecule has 0 aliphatic heterocycles. The molecule has 1 fully saturated rings. The van der Waals surface area contributed by atoms with E-state index in [2.05, 4.69) is 43.3 Å². The summed E-state index contributed by atoms with van der Waals surface area (Å²) in [6, 6.07) is 0.225. The lowest BCUT2D eigenvalue weighted by Gasteiger charge is -2.37. The van der Waals surface area contributed by atoms with Gasteiger partial charge in [-0.2, -0.15) is 0 Å². The number of aromatic nitrogens is 1. The minimum absolute atomic E-state index is 0.0967. The van der Waals surface area contributed by atoms with E-state index in [9.17, 15) is 4.79 Å². The summed E-state index contributed by atoms with van der Waals surface area (Å²) in [4.78, 5) is 17.1. The Morgan fingerprint density at radius 3 is 2.95 bits per heavy atom. The zero-order valence-corrected chi connectivity index (χ0v) is 14.3. The minimum Gasteiger partial charge on any atom is -0.309 e. The second-order valence-electron chi connectivity index (χ2n) is 6.63. The highest BCUT2D eigenvalue weighted by Crippen LogP contribution is 2.41. The maximum atomic E-state index is 12.5. The van der Waals surface area contributed by atoms with E-state index in [1.54, 1.807) is 0 Å². The van der Waals surface area contributed by atoms with Crippen LogP contribution in [0.3, 0.4) is 0 Å². The lowest BCUT2D eigenvalue weighted by Crippen LogP contribution is -2.37. The second-order valence-corrected chi connectivity index (χ2v) is 7.49. The van der Waals surface area contributed by atoms with Crippen molar-refractivity contribution in [3.63, 3.8) is 0 Å². The molecule has 1 heterocycles. The predicted molar refractivity (Wildman–Crippen MR) is 88.6 cm³/mol. The summed E-state index contributed by atoms with van der Waals surface area (Å²) in [5.74, 6) is 0.237. The third kappa shape index (κ3) is 4.04. The Morgan fingerprint density at radius 1 is 1.52 bits per heavy atom. The van der Waals surface area contributed by atoms with E-state index in [0.717, 1.165) is 36.6 Å². The summed E-state index contributed by atoms with van der Waals surface area (Å²) in [5.41, 5.74) is 1.10. The van der Waals surface area contributed by atoms with Crippen LogP contribution in [0.1, 0.15) is 65.1 Å². The molecule has 2 unspecified atom stereocenters. The Morgan fingerprint density at radius 2 is 2.29 bits per heavy atom. The van der Waals surface area contributed by atoms with Gasteiger partial charge in [-0.1, -0.05) is 33.6 Å². The summed E-state index contributed by atoms with van der Waals surface area (Å²) in [6.07, 6.45) is 4.51. The van der Waals surface area contributed by atoms with Crippen LogP contribution in [0.2, 0.25) is 0 Å². The summed E-state index contributed by atoms with van der Waals surface area (Å²) < 4.78 is 0. The van der Waals surface area contributed by atoms with Crippen LogP contribution in [0.25, 0.3) is 0 Å². The standard InChI is InChI=1S/C16H27N3OS/c1-5-17-11(2)13-10-21-15(18-13)19-14(20)12-8-6-7-9-16(12,3)4/h10-12,17H,5-9H2,1-4H3,(H,18,19,20). The Hall–Kier alpha value is -0.940. The molecule has 1 saturated carbocycles. The third-order valence-corrected chi connectivity index (χ3v) is 5.31. The van der Waals surface area contributed by atoms with Crippen LogP contribution in [0.4, 0.5) is 5.13 Å². The molecule has 1 aromatic rings. The van der Waals surface area contributed by atoms with Crippen molar-refractivity contribution in [2.75, 3.05) is 11.9 Å². The van der Waals surface area contributed by atoms with Gasteiger partial charge in [0.1, 0.15) is 0 Å². The number of nitrogens with zero attached hydrogens (tertiary/aromatic N) is 1. The van der Waals surface area contributed by atoms with E-state index >= 15 is 0 Å². The van der Waals surface area contributed by atoms with Crippen molar-refractivity contribution in [1.82, 2.24) is 10.3 Å². The van der Waals surface area contributed by atoms with Gasteiger partial charge in [0.25, 0.3) is 0 Å². The number of carbonyl (C=O) groups is 1. The fourth-order valence-electron chi connectivity index (χ4n) is 3.13. The molecule has 21 heavy (non-hydrogen) atoms. The SMILES string of the molecule is CCNC(C)c1csc(NC(=O)C2CCCCC2(C)C)n1. The number of rotatable bonds is 5. The van der Waals surface area contributed by atoms with Gasteiger partial charge in [0, 0.05) is 17.3 Å². The molecule has 1 amide bonds. The minimum atomic E-state index is 0.0967. The molecule has 5 heteroatoms. The molecule has 1 aliphatic rings. The van der Waals surface area contributed by atoms with Crippen molar-refractivity contribution in [2.45, 2.75) is 59.4 Å². The predicted octanol–water partition coefficient (Wildman–Crippen LogP) is 3.97. The van der Waals surface area contributed by atoms with Crippen molar-refractivity contribution in [3.05, 3.63) is 11.1 Å². The Labute approximate surface area is 131 Å². The summed E-state index contributed by atoms with van der Waals surface area (Å²) in [6.45, 7) is 9.50. The zero-order chi connectivity index (χ0) is 15.5. The van der Waals surface area contributed by atoms with Crippen LogP contribution >= 0.6 is 11.3 Å². The van der Waals surface area contributed by atoms with Crippen LogP contribution in [0.5, 0.6) is 0 Å². The summed E-state index contributed by atoms with van der Waals surface area (Å²) in [7, 11) is 0. The van der Waals surface area contributed by atoms with Gasteiger partial charge in [-0.05, 0) is 31.7 Å². The number of hydrogen-bond donors (Lipinski definition) is 2. The van der Waals surface area contributed by atoms with Gasteiger partial charge in [0.15, 0.2) is 5.13 Å². The summed E-state index contributed by atoms with van der Waals surface area (Å²) in [5, 5.41) is 9.11. The number of carbonyl (C=O) groups excluding carboxylic acids is 1. The van der Waals surface area contributed by atoms with Crippen LogP contribution in [0.15, 0.2) is 5.38 Å².